The summed E-state index contributed by atoms with van der Waals surface area (Å²) in [5.41, 5.74) is 0.780. The fraction of sp³-hybridized carbons (Fsp3) is 0.533. The summed E-state index contributed by atoms with van der Waals surface area (Å²) in [6.45, 7) is 17.1. The molecule has 196 valence electrons. The van der Waals surface area contributed by atoms with Gasteiger partial charge in [-0.05, 0) is 67.7 Å². The van der Waals surface area contributed by atoms with Crippen LogP contribution in [0.3, 0.4) is 0 Å². The number of hydrogen-bond donors (Lipinski definition) is 1. The minimum atomic E-state index is -0.749. The second-order valence-electron chi connectivity index (χ2n) is 12.5. The molecule has 6 heteroatoms. The second-order valence-corrected chi connectivity index (χ2v) is 12.5. The summed E-state index contributed by atoms with van der Waals surface area (Å²) in [6.07, 6.45) is 1.38. The number of likely N-dealkylation sites (tertiary alicyclic amines) is 1. The Hall–Kier alpha value is -3.02. The molecule has 1 amide bonds. The summed E-state index contributed by atoms with van der Waals surface area (Å²) in [7, 11) is 0. The molecule has 1 heterocycles. The van der Waals surface area contributed by atoms with E-state index in [0.29, 0.717) is 37.2 Å². The third-order valence-electron chi connectivity index (χ3n) is 7.26. The van der Waals surface area contributed by atoms with Gasteiger partial charge in [-0.2, -0.15) is 0 Å². The van der Waals surface area contributed by atoms with E-state index in [0.717, 1.165) is 11.1 Å². The molecule has 6 nitrogen and oxygen atoms in total. The third kappa shape index (κ3) is 6.03. The van der Waals surface area contributed by atoms with Gasteiger partial charge in [-0.1, -0.05) is 59.7 Å². The Labute approximate surface area is 215 Å². The number of benzene rings is 2. The highest BCUT2D eigenvalue weighted by atomic mass is 17.2. The lowest BCUT2D eigenvalue weighted by Gasteiger charge is -2.39. The van der Waals surface area contributed by atoms with Gasteiger partial charge in [-0.25, -0.2) is 9.68 Å². The zero-order chi connectivity index (χ0) is 26.9. The van der Waals surface area contributed by atoms with Crippen LogP contribution >= 0.6 is 0 Å². The number of phenolic OH excluding ortho intramolecular Hbond substituents is 1. The van der Waals surface area contributed by atoms with Crippen molar-refractivity contribution in [2.24, 2.45) is 11.3 Å². The molecule has 2 aromatic carbocycles. The Morgan fingerprint density at radius 3 is 1.83 bits per heavy atom. The highest BCUT2D eigenvalue weighted by Crippen LogP contribution is 2.41. The van der Waals surface area contributed by atoms with E-state index in [-0.39, 0.29) is 28.4 Å². The van der Waals surface area contributed by atoms with Crippen LogP contribution in [0.4, 0.5) is 0 Å². The van der Waals surface area contributed by atoms with Crippen LogP contribution in [0.15, 0.2) is 42.5 Å². The number of aromatic hydroxyl groups is 1. The van der Waals surface area contributed by atoms with Crippen LogP contribution in [0.2, 0.25) is 0 Å². The van der Waals surface area contributed by atoms with E-state index in [1.54, 1.807) is 12.1 Å². The lowest BCUT2D eigenvalue weighted by atomic mass is 9.73. The topological polar surface area (TPSA) is 76.1 Å². The van der Waals surface area contributed by atoms with Gasteiger partial charge in [0, 0.05) is 29.8 Å². The summed E-state index contributed by atoms with van der Waals surface area (Å²) in [6, 6.07) is 12.6. The predicted octanol–water partition coefficient (Wildman–Crippen LogP) is 6.40. The number of carbonyl (C=O) groups excluding carboxylic acids is 2. The Morgan fingerprint density at radius 2 is 1.36 bits per heavy atom. The van der Waals surface area contributed by atoms with Crippen LogP contribution in [-0.2, 0) is 20.5 Å². The smallest absolute Gasteiger partial charge is 0.361 e. The Balaban J connectivity index is 1.71. The zero-order valence-corrected chi connectivity index (χ0v) is 23.0. The molecular formula is C30H41NO5. The summed E-state index contributed by atoms with van der Waals surface area (Å²) >= 11 is 0. The number of rotatable bonds is 5. The number of para-hydroxylation sites is 1. The lowest BCUT2D eigenvalue weighted by Crippen LogP contribution is -2.45. The van der Waals surface area contributed by atoms with E-state index in [2.05, 4.69) is 0 Å². The molecule has 0 spiro atoms. The molecular weight excluding hydrogens is 454 g/mol. The van der Waals surface area contributed by atoms with Crippen molar-refractivity contribution in [2.45, 2.75) is 79.1 Å². The first-order valence-corrected chi connectivity index (χ1v) is 12.7. The fourth-order valence-corrected chi connectivity index (χ4v) is 4.72. The van der Waals surface area contributed by atoms with Gasteiger partial charge in [0.25, 0.3) is 5.91 Å². The first-order valence-electron chi connectivity index (χ1n) is 12.7. The second kappa shape index (κ2) is 10.2. The van der Waals surface area contributed by atoms with Crippen molar-refractivity contribution in [3.63, 3.8) is 0 Å². The number of carbonyl (C=O) groups is 2. The molecule has 1 saturated heterocycles. The Kier molecular flexibility index (Phi) is 7.77. The average Bonchev–Trinajstić information content (AvgIpc) is 2.81. The number of nitrogens with zero attached hydrogens (tertiary/aromatic N) is 1. The molecule has 1 aliphatic rings. The van der Waals surface area contributed by atoms with Crippen molar-refractivity contribution in [3.8, 4) is 11.5 Å². The molecule has 0 aliphatic carbocycles. The van der Waals surface area contributed by atoms with Crippen LogP contribution in [0.25, 0.3) is 0 Å². The largest absolute Gasteiger partial charge is 0.507 e. The van der Waals surface area contributed by atoms with Crippen molar-refractivity contribution in [1.29, 1.82) is 0 Å². The van der Waals surface area contributed by atoms with Gasteiger partial charge in [0.15, 0.2) is 5.75 Å². The van der Waals surface area contributed by atoms with Crippen LogP contribution in [0.1, 0.15) is 89.7 Å². The van der Waals surface area contributed by atoms with Crippen LogP contribution < -0.4 is 4.89 Å². The minimum Gasteiger partial charge on any atom is -0.507 e. The third-order valence-corrected chi connectivity index (χ3v) is 7.26. The maximum absolute atomic E-state index is 13.6. The monoisotopic (exact) mass is 495 g/mol. The van der Waals surface area contributed by atoms with Crippen LogP contribution in [0.5, 0.6) is 11.5 Å². The summed E-state index contributed by atoms with van der Waals surface area (Å²) in [4.78, 5) is 38.6. The van der Waals surface area contributed by atoms with E-state index >= 15 is 0 Å². The van der Waals surface area contributed by atoms with Crippen molar-refractivity contribution in [2.75, 3.05) is 13.1 Å². The number of amides is 1. The molecule has 1 fully saturated rings. The maximum atomic E-state index is 13.6. The van der Waals surface area contributed by atoms with E-state index in [4.69, 9.17) is 9.78 Å². The van der Waals surface area contributed by atoms with Crippen molar-refractivity contribution in [3.05, 3.63) is 59.2 Å². The van der Waals surface area contributed by atoms with Gasteiger partial charge in [0.05, 0.1) is 5.41 Å². The maximum Gasteiger partial charge on any atom is 0.361 e. The number of hydrogen-bond acceptors (Lipinski definition) is 5. The van der Waals surface area contributed by atoms with Gasteiger partial charge in [0.2, 0.25) is 0 Å². The van der Waals surface area contributed by atoms with Gasteiger partial charge >= 0.3 is 5.97 Å². The normalized spacial score (nSPS) is 15.5. The van der Waals surface area contributed by atoms with Crippen molar-refractivity contribution >= 4 is 11.9 Å². The van der Waals surface area contributed by atoms with E-state index in [1.807, 2.05) is 90.6 Å². The molecule has 1 aliphatic heterocycles. The molecule has 0 radical (unpaired) electrons. The molecule has 0 aromatic heterocycles. The molecule has 3 rings (SSSR count). The SMILES string of the molecule is CC(C)(C)c1cc(C(=O)N2CCC(C(C)(C)C(=O)OOc3ccccc3)CC2)cc(C(C)(C)C)c1O. The molecule has 0 unspecified atom stereocenters. The molecule has 0 bridgehead atoms. The van der Waals surface area contributed by atoms with Gasteiger partial charge in [-0.15, -0.1) is 0 Å². The molecule has 1 N–H and O–H groups in total. The van der Waals surface area contributed by atoms with E-state index < -0.39 is 11.4 Å². The first-order chi connectivity index (χ1) is 16.6. The lowest BCUT2D eigenvalue weighted by molar-refractivity contribution is -0.227. The van der Waals surface area contributed by atoms with Crippen molar-refractivity contribution < 1.29 is 24.5 Å². The average molecular weight is 496 g/mol. The summed E-state index contributed by atoms with van der Waals surface area (Å²) in [5, 5.41) is 11.0. The fourth-order valence-electron chi connectivity index (χ4n) is 4.72. The number of piperidine rings is 1. The van der Waals surface area contributed by atoms with Gasteiger partial charge in [0.1, 0.15) is 5.75 Å². The molecule has 36 heavy (non-hydrogen) atoms. The zero-order valence-electron chi connectivity index (χ0n) is 23.0. The highest BCUT2D eigenvalue weighted by Gasteiger charge is 2.42. The quantitative estimate of drug-likeness (QED) is 0.383. The van der Waals surface area contributed by atoms with E-state index in [9.17, 15) is 14.7 Å². The molecule has 0 saturated carbocycles. The Bertz CT molecular complexity index is 1050. The van der Waals surface area contributed by atoms with Crippen LogP contribution in [-0.4, -0.2) is 35.0 Å². The number of phenols is 1. The predicted molar refractivity (Wildman–Crippen MR) is 141 cm³/mol. The molecule has 2 aromatic rings. The van der Waals surface area contributed by atoms with Gasteiger partial charge in [-0.3, -0.25) is 9.68 Å². The standard InChI is InChI=1S/C30H41NO5/c1-28(2,3)23-18-20(19-24(25(23)32)29(4,5)6)26(33)31-16-14-21(15-17-31)30(7,8)27(34)36-35-22-12-10-9-11-13-22/h9-13,18-19,21,32H,14-17H2,1-8H3. The minimum absolute atomic E-state index is 0.0442. The first kappa shape index (κ1) is 27.6. The Morgan fingerprint density at radius 1 is 0.861 bits per heavy atom. The highest BCUT2D eigenvalue weighted by molar-refractivity contribution is 5.95. The summed E-state index contributed by atoms with van der Waals surface area (Å²) in [5.74, 6) is 0.337. The van der Waals surface area contributed by atoms with Gasteiger partial charge < -0.3 is 10.0 Å². The molecule has 0 atom stereocenters. The van der Waals surface area contributed by atoms with E-state index in [1.165, 1.54) is 0 Å². The van der Waals surface area contributed by atoms with Crippen LogP contribution in [0, 0.1) is 11.3 Å². The summed E-state index contributed by atoms with van der Waals surface area (Å²) < 4.78 is 0. The van der Waals surface area contributed by atoms with Crippen molar-refractivity contribution in [1.82, 2.24) is 4.90 Å².